The summed E-state index contributed by atoms with van der Waals surface area (Å²) in [6.45, 7) is 0.442. The molecule has 0 aliphatic rings. The van der Waals surface area contributed by atoms with Crippen LogP contribution in [0.5, 0.6) is 0 Å². The lowest BCUT2D eigenvalue weighted by Crippen LogP contribution is -2.27. The van der Waals surface area contributed by atoms with Crippen LogP contribution in [0.4, 0.5) is 0 Å². The number of halogens is 2. The summed E-state index contributed by atoms with van der Waals surface area (Å²) < 4.78 is 1.66. The predicted molar refractivity (Wildman–Crippen MR) is 69.0 cm³/mol. The highest BCUT2D eigenvalue weighted by atomic mass is 79.9. The molecule has 16 heavy (non-hydrogen) atoms. The first-order valence-corrected chi connectivity index (χ1v) is 6.22. The Morgan fingerprint density at radius 2 is 2.19 bits per heavy atom. The fourth-order valence-electron chi connectivity index (χ4n) is 1.19. The highest BCUT2D eigenvalue weighted by Gasteiger charge is 2.14. The summed E-state index contributed by atoms with van der Waals surface area (Å²) in [5, 5.41) is 8.46. The first kappa shape index (κ1) is 13.2. The maximum Gasteiger partial charge on any atom is 0.254 e. The van der Waals surface area contributed by atoms with Gasteiger partial charge in [-0.15, -0.1) is 0 Å². The molecule has 0 heterocycles. The smallest absolute Gasteiger partial charge is 0.254 e. The molecule has 0 spiro atoms. The van der Waals surface area contributed by atoms with Gasteiger partial charge in [0.15, 0.2) is 0 Å². The quantitative estimate of drug-likeness (QED) is 0.844. The van der Waals surface area contributed by atoms with Crippen LogP contribution in [-0.4, -0.2) is 24.4 Å². The van der Waals surface area contributed by atoms with E-state index in [0.29, 0.717) is 18.5 Å². The molecule has 0 N–H and O–H groups in total. The van der Waals surface area contributed by atoms with Crippen molar-refractivity contribution >= 4 is 37.8 Å². The summed E-state index contributed by atoms with van der Waals surface area (Å²) in [7, 11) is 1.69. The lowest BCUT2D eigenvalue weighted by atomic mass is 10.2. The first-order chi connectivity index (χ1) is 7.56. The van der Waals surface area contributed by atoms with Crippen LogP contribution < -0.4 is 0 Å². The van der Waals surface area contributed by atoms with Gasteiger partial charge in [-0.3, -0.25) is 4.79 Å². The van der Waals surface area contributed by atoms with E-state index < -0.39 is 0 Å². The van der Waals surface area contributed by atoms with E-state index in [-0.39, 0.29) is 5.91 Å². The predicted octanol–water partition coefficient (Wildman–Crippen LogP) is 3.20. The Bertz CT molecular complexity index is 440. The minimum absolute atomic E-state index is 0.0883. The van der Waals surface area contributed by atoms with Crippen LogP contribution in [0.3, 0.4) is 0 Å². The number of rotatable bonds is 3. The molecular weight excluding hydrogens is 336 g/mol. The van der Waals surface area contributed by atoms with Crippen molar-refractivity contribution in [2.24, 2.45) is 0 Å². The fraction of sp³-hybridized carbons (Fsp3) is 0.273. The van der Waals surface area contributed by atoms with Gasteiger partial charge in [-0.2, -0.15) is 5.26 Å². The standard InChI is InChI=1S/C11H10Br2N2O/c1-15(6-2-5-14)11(16)9-4-3-8(12)7-10(9)13/h3-4,7H,2,6H2,1H3. The van der Waals surface area contributed by atoms with Crippen molar-refractivity contribution in [3.05, 3.63) is 32.7 Å². The van der Waals surface area contributed by atoms with Crippen molar-refractivity contribution in [1.29, 1.82) is 5.26 Å². The van der Waals surface area contributed by atoms with Gasteiger partial charge in [-0.05, 0) is 34.1 Å². The number of amides is 1. The van der Waals surface area contributed by atoms with Crippen molar-refractivity contribution in [3.63, 3.8) is 0 Å². The maximum atomic E-state index is 12.0. The fourth-order valence-corrected chi connectivity index (χ4v) is 2.40. The Kier molecular flexibility index (Phi) is 4.97. The van der Waals surface area contributed by atoms with Crippen molar-refractivity contribution in [3.8, 4) is 6.07 Å². The van der Waals surface area contributed by atoms with Crippen molar-refractivity contribution in [1.82, 2.24) is 4.90 Å². The molecule has 0 saturated heterocycles. The van der Waals surface area contributed by atoms with Crippen molar-refractivity contribution in [2.75, 3.05) is 13.6 Å². The van der Waals surface area contributed by atoms with E-state index in [1.165, 1.54) is 4.90 Å². The van der Waals surface area contributed by atoms with E-state index in [4.69, 9.17) is 5.26 Å². The number of nitriles is 1. The van der Waals surface area contributed by atoms with Gasteiger partial charge in [0, 0.05) is 22.5 Å². The third kappa shape index (κ3) is 3.32. The van der Waals surface area contributed by atoms with Crippen molar-refractivity contribution < 1.29 is 4.79 Å². The topological polar surface area (TPSA) is 44.1 Å². The Morgan fingerprint density at radius 3 is 2.75 bits per heavy atom. The average molecular weight is 346 g/mol. The molecule has 0 unspecified atom stereocenters. The van der Waals surface area contributed by atoms with Gasteiger partial charge in [-0.25, -0.2) is 0 Å². The Labute approximate surface area is 111 Å². The molecule has 0 radical (unpaired) electrons. The second-order valence-electron chi connectivity index (χ2n) is 3.26. The van der Waals surface area contributed by atoms with Crippen LogP contribution in [-0.2, 0) is 0 Å². The number of carbonyl (C=O) groups is 1. The van der Waals surface area contributed by atoms with Gasteiger partial charge in [0.05, 0.1) is 18.1 Å². The van der Waals surface area contributed by atoms with Crippen LogP contribution in [0.1, 0.15) is 16.8 Å². The van der Waals surface area contributed by atoms with Gasteiger partial charge in [0.25, 0.3) is 5.91 Å². The molecule has 1 rings (SSSR count). The lowest BCUT2D eigenvalue weighted by molar-refractivity contribution is 0.0797. The molecule has 0 atom stereocenters. The summed E-state index contributed by atoms with van der Waals surface area (Å²) in [4.78, 5) is 13.5. The largest absolute Gasteiger partial charge is 0.341 e. The lowest BCUT2D eigenvalue weighted by Gasteiger charge is -2.16. The molecule has 1 aromatic rings. The highest BCUT2D eigenvalue weighted by Crippen LogP contribution is 2.22. The zero-order chi connectivity index (χ0) is 12.1. The van der Waals surface area contributed by atoms with E-state index in [1.54, 1.807) is 13.1 Å². The average Bonchev–Trinajstić information content (AvgIpc) is 2.25. The molecule has 5 heteroatoms. The second kappa shape index (κ2) is 6.02. The molecule has 3 nitrogen and oxygen atoms in total. The summed E-state index contributed by atoms with van der Waals surface area (Å²) in [5.74, 6) is -0.0883. The monoisotopic (exact) mass is 344 g/mol. The highest BCUT2D eigenvalue weighted by molar-refractivity contribution is 9.11. The maximum absolute atomic E-state index is 12.0. The summed E-state index contributed by atoms with van der Waals surface area (Å²) in [6.07, 6.45) is 0.344. The molecule has 0 saturated carbocycles. The Morgan fingerprint density at radius 1 is 1.50 bits per heavy atom. The van der Waals surface area contributed by atoms with Gasteiger partial charge in [0.1, 0.15) is 0 Å². The van der Waals surface area contributed by atoms with Gasteiger partial charge >= 0.3 is 0 Å². The van der Waals surface area contributed by atoms with Crippen LogP contribution in [0, 0.1) is 11.3 Å². The third-order valence-corrected chi connectivity index (χ3v) is 3.22. The zero-order valence-electron chi connectivity index (χ0n) is 8.70. The van der Waals surface area contributed by atoms with Crippen LogP contribution >= 0.6 is 31.9 Å². The summed E-state index contributed by atoms with van der Waals surface area (Å²) in [6, 6.07) is 7.41. The van der Waals surface area contributed by atoms with E-state index in [9.17, 15) is 4.79 Å². The van der Waals surface area contributed by atoms with Gasteiger partial charge in [0.2, 0.25) is 0 Å². The molecule has 0 aliphatic carbocycles. The minimum Gasteiger partial charge on any atom is -0.341 e. The van der Waals surface area contributed by atoms with Crippen LogP contribution in [0.2, 0.25) is 0 Å². The van der Waals surface area contributed by atoms with Gasteiger partial charge < -0.3 is 4.90 Å². The second-order valence-corrected chi connectivity index (χ2v) is 5.03. The van der Waals surface area contributed by atoms with Crippen LogP contribution in [0.25, 0.3) is 0 Å². The molecule has 0 bridgehead atoms. The van der Waals surface area contributed by atoms with E-state index in [2.05, 4.69) is 31.9 Å². The Hall–Kier alpha value is -0.860. The van der Waals surface area contributed by atoms with Crippen LogP contribution in [0.15, 0.2) is 27.1 Å². The number of hydrogen-bond acceptors (Lipinski definition) is 2. The minimum atomic E-state index is -0.0883. The molecule has 0 fully saturated rings. The molecule has 1 aromatic carbocycles. The summed E-state index contributed by atoms with van der Waals surface area (Å²) in [5.41, 5.74) is 0.601. The van der Waals surface area contributed by atoms with E-state index >= 15 is 0 Å². The Balaban J connectivity index is 2.84. The van der Waals surface area contributed by atoms with E-state index in [0.717, 1.165) is 8.95 Å². The molecule has 1 amide bonds. The third-order valence-electron chi connectivity index (χ3n) is 2.07. The number of nitrogens with zero attached hydrogens (tertiary/aromatic N) is 2. The van der Waals surface area contributed by atoms with E-state index in [1.807, 2.05) is 18.2 Å². The molecular formula is C11H10Br2N2O. The SMILES string of the molecule is CN(CCC#N)C(=O)c1ccc(Br)cc1Br. The molecule has 84 valence electrons. The zero-order valence-corrected chi connectivity index (χ0v) is 11.9. The number of carbonyl (C=O) groups excluding carboxylic acids is 1. The normalized spacial score (nSPS) is 9.62. The first-order valence-electron chi connectivity index (χ1n) is 4.63. The molecule has 0 aliphatic heterocycles. The summed E-state index contributed by atoms with van der Waals surface area (Å²) >= 11 is 6.67. The number of benzene rings is 1. The molecule has 0 aromatic heterocycles. The van der Waals surface area contributed by atoms with Crippen molar-refractivity contribution in [2.45, 2.75) is 6.42 Å². The number of hydrogen-bond donors (Lipinski definition) is 0. The van der Waals surface area contributed by atoms with Gasteiger partial charge in [-0.1, -0.05) is 15.9 Å².